The van der Waals surface area contributed by atoms with E-state index in [1.54, 1.807) is 6.92 Å². The summed E-state index contributed by atoms with van der Waals surface area (Å²) in [4.78, 5) is 17.6. The molecule has 5 nitrogen and oxygen atoms in total. The number of nitrogens with zero attached hydrogens (tertiary/aromatic N) is 1. The number of ether oxygens (including phenoxy) is 1. The van der Waals surface area contributed by atoms with Crippen LogP contribution < -0.4 is 10.1 Å². The number of nitrogens with one attached hydrogen (secondary N) is 1. The van der Waals surface area contributed by atoms with Crippen molar-refractivity contribution >= 4 is 22.7 Å². The molecule has 27 heavy (non-hydrogen) atoms. The quantitative estimate of drug-likeness (QED) is 0.548. The molecule has 1 aliphatic heterocycles. The third kappa shape index (κ3) is 2.64. The van der Waals surface area contributed by atoms with Crippen LogP contribution in [-0.4, -0.2) is 10.9 Å². The van der Waals surface area contributed by atoms with E-state index in [9.17, 15) is 4.79 Å². The zero-order chi connectivity index (χ0) is 18.4. The lowest BCUT2D eigenvalue weighted by Crippen LogP contribution is -2.25. The lowest BCUT2D eigenvalue weighted by Gasteiger charge is -2.27. The van der Waals surface area contributed by atoms with Gasteiger partial charge in [0.1, 0.15) is 17.0 Å². The van der Waals surface area contributed by atoms with E-state index in [1.807, 2.05) is 66.7 Å². The van der Waals surface area contributed by atoms with E-state index in [4.69, 9.17) is 9.15 Å². The Bertz CT molecular complexity index is 1130. The van der Waals surface area contributed by atoms with Gasteiger partial charge in [0.2, 0.25) is 5.91 Å². The molecule has 5 heteroatoms. The maximum Gasteiger partial charge on any atom is 0.236 e. The number of fused-ring (bicyclic) bond motifs is 3. The number of aryl methyl sites for hydroxylation is 1. The zero-order valence-electron chi connectivity index (χ0n) is 14.6. The molecule has 0 radical (unpaired) electrons. The number of benzene rings is 3. The van der Waals surface area contributed by atoms with Crippen LogP contribution in [-0.2, 0) is 4.79 Å². The highest BCUT2D eigenvalue weighted by atomic mass is 16.5. The number of para-hydroxylation sites is 2. The minimum absolute atomic E-state index is 0.113. The standard InChI is InChI=1S/C22H16N2O3/c1-13-23-17-12-14(10-11-20(17)26-13)24-22(25)21-15-6-2-4-8-18(15)27-19-9-5-3-7-16(19)21/h2-12,21H,1H3,(H,24,25). The van der Waals surface area contributed by atoms with Crippen molar-refractivity contribution in [1.29, 1.82) is 0 Å². The molecule has 0 fully saturated rings. The van der Waals surface area contributed by atoms with Crippen molar-refractivity contribution in [1.82, 2.24) is 4.98 Å². The van der Waals surface area contributed by atoms with Crippen molar-refractivity contribution in [3.8, 4) is 11.5 Å². The number of amides is 1. The molecule has 0 atom stereocenters. The third-order valence-electron chi connectivity index (χ3n) is 4.70. The zero-order valence-corrected chi connectivity index (χ0v) is 14.6. The number of aromatic nitrogens is 1. The van der Waals surface area contributed by atoms with Crippen LogP contribution in [0.3, 0.4) is 0 Å². The molecule has 0 bridgehead atoms. The van der Waals surface area contributed by atoms with Gasteiger partial charge in [0.05, 0.1) is 5.92 Å². The lowest BCUT2D eigenvalue weighted by molar-refractivity contribution is -0.116. The van der Waals surface area contributed by atoms with Gasteiger partial charge in [-0.3, -0.25) is 4.79 Å². The van der Waals surface area contributed by atoms with Crippen LogP contribution in [0.25, 0.3) is 11.1 Å². The average molecular weight is 356 g/mol. The largest absolute Gasteiger partial charge is 0.457 e. The Balaban J connectivity index is 1.54. The van der Waals surface area contributed by atoms with Gasteiger partial charge in [-0.2, -0.15) is 0 Å². The number of carbonyl (C=O) groups excluding carboxylic acids is 1. The molecule has 0 unspecified atom stereocenters. The summed E-state index contributed by atoms with van der Waals surface area (Å²) < 4.78 is 11.5. The molecule has 132 valence electrons. The van der Waals surface area contributed by atoms with Gasteiger partial charge < -0.3 is 14.5 Å². The van der Waals surface area contributed by atoms with Crippen LogP contribution in [0.4, 0.5) is 5.69 Å². The molecule has 1 aromatic heterocycles. The molecular weight excluding hydrogens is 340 g/mol. The maximum atomic E-state index is 13.2. The summed E-state index contributed by atoms with van der Waals surface area (Å²) in [6.45, 7) is 1.80. The van der Waals surface area contributed by atoms with Gasteiger partial charge in [0.25, 0.3) is 0 Å². The molecule has 5 rings (SSSR count). The number of oxazole rings is 1. The van der Waals surface area contributed by atoms with Gasteiger partial charge in [-0.1, -0.05) is 36.4 Å². The highest BCUT2D eigenvalue weighted by Crippen LogP contribution is 2.44. The van der Waals surface area contributed by atoms with Gasteiger partial charge in [0.15, 0.2) is 11.5 Å². The summed E-state index contributed by atoms with van der Waals surface area (Å²) >= 11 is 0. The van der Waals surface area contributed by atoms with Crippen LogP contribution in [0.15, 0.2) is 71.1 Å². The van der Waals surface area contributed by atoms with E-state index in [2.05, 4.69) is 10.3 Å². The van der Waals surface area contributed by atoms with Gasteiger partial charge in [-0.05, 0) is 30.3 Å². The fourth-order valence-corrected chi connectivity index (χ4v) is 3.53. The third-order valence-corrected chi connectivity index (χ3v) is 4.70. The van der Waals surface area contributed by atoms with Crippen molar-refractivity contribution in [3.05, 3.63) is 83.7 Å². The Kier molecular flexibility index (Phi) is 3.47. The molecule has 0 aliphatic carbocycles. The van der Waals surface area contributed by atoms with Gasteiger partial charge in [-0.15, -0.1) is 0 Å². The van der Waals surface area contributed by atoms with Crippen molar-refractivity contribution in [2.75, 3.05) is 5.32 Å². The number of hydrogen-bond donors (Lipinski definition) is 1. The van der Waals surface area contributed by atoms with Gasteiger partial charge >= 0.3 is 0 Å². The van der Waals surface area contributed by atoms with E-state index >= 15 is 0 Å². The van der Waals surface area contributed by atoms with Crippen LogP contribution >= 0.6 is 0 Å². The topological polar surface area (TPSA) is 64.4 Å². The second-order valence-corrected chi connectivity index (χ2v) is 6.52. The Morgan fingerprint density at radius 2 is 1.63 bits per heavy atom. The first-order chi connectivity index (χ1) is 13.2. The average Bonchev–Trinajstić information content (AvgIpc) is 3.05. The normalized spacial score (nSPS) is 12.9. The van der Waals surface area contributed by atoms with Gasteiger partial charge in [-0.25, -0.2) is 4.98 Å². The summed E-state index contributed by atoms with van der Waals surface area (Å²) in [6.07, 6.45) is 0. The minimum atomic E-state index is -0.444. The Morgan fingerprint density at radius 3 is 2.33 bits per heavy atom. The molecular formula is C22H16N2O3. The Morgan fingerprint density at radius 1 is 0.963 bits per heavy atom. The van der Waals surface area contributed by atoms with E-state index in [-0.39, 0.29) is 5.91 Å². The molecule has 0 saturated heterocycles. The summed E-state index contributed by atoms with van der Waals surface area (Å²) in [6, 6.07) is 20.7. The van der Waals surface area contributed by atoms with Crippen LogP contribution in [0.2, 0.25) is 0 Å². The maximum absolute atomic E-state index is 13.2. The highest BCUT2D eigenvalue weighted by molar-refractivity contribution is 6.00. The molecule has 4 aromatic rings. The van der Waals surface area contributed by atoms with Crippen molar-refractivity contribution in [2.45, 2.75) is 12.8 Å². The van der Waals surface area contributed by atoms with Crippen molar-refractivity contribution in [3.63, 3.8) is 0 Å². The number of hydrogen-bond acceptors (Lipinski definition) is 4. The fourth-order valence-electron chi connectivity index (χ4n) is 3.53. The summed E-state index contributed by atoms with van der Waals surface area (Å²) in [7, 11) is 0. The second-order valence-electron chi connectivity index (χ2n) is 6.52. The lowest BCUT2D eigenvalue weighted by atomic mass is 9.87. The number of rotatable bonds is 2. The molecule has 2 heterocycles. The van der Waals surface area contributed by atoms with Crippen LogP contribution in [0.5, 0.6) is 11.5 Å². The predicted molar refractivity (Wildman–Crippen MR) is 102 cm³/mol. The van der Waals surface area contributed by atoms with Crippen molar-refractivity contribution < 1.29 is 13.9 Å². The van der Waals surface area contributed by atoms with E-state index < -0.39 is 5.92 Å². The molecule has 1 amide bonds. The molecule has 0 spiro atoms. The number of anilines is 1. The first kappa shape index (κ1) is 15.6. The summed E-state index contributed by atoms with van der Waals surface area (Å²) in [5.74, 6) is 1.46. The smallest absolute Gasteiger partial charge is 0.236 e. The fraction of sp³-hybridized carbons (Fsp3) is 0.0909. The first-order valence-electron chi connectivity index (χ1n) is 8.73. The number of carbonyl (C=O) groups is 1. The van der Waals surface area contributed by atoms with Crippen molar-refractivity contribution in [2.24, 2.45) is 0 Å². The SMILES string of the molecule is Cc1nc2cc(NC(=O)C3c4ccccc4Oc4ccccc43)ccc2o1. The predicted octanol–water partition coefficient (Wildman–Crippen LogP) is 5.01. The summed E-state index contributed by atoms with van der Waals surface area (Å²) in [5, 5.41) is 3.02. The monoisotopic (exact) mass is 356 g/mol. The first-order valence-corrected chi connectivity index (χ1v) is 8.73. The Hall–Kier alpha value is -3.60. The summed E-state index contributed by atoms with van der Waals surface area (Å²) in [5.41, 5.74) is 3.81. The van der Waals surface area contributed by atoms with Crippen LogP contribution in [0.1, 0.15) is 22.9 Å². The van der Waals surface area contributed by atoms with Gasteiger partial charge in [0, 0.05) is 23.7 Å². The van der Waals surface area contributed by atoms with E-state index in [0.717, 1.165) is 16.6 Å². The highest BCUT2D eigenvalue weighted by Gasteiger charge is 2.32. The minimum Gasteiger partial charge on any atom is -0.457 e. The second kappa shape index (κ2) is 5.99. The molecule has 0 saturated carbocycles. The molecule has 1 aliphatic rings. The van der Waals surface area contributed by atoms with E-state index in [0.29, 0.717) is 28.7 Å². The van der Waals surface area contributed by atoms with Crippen LogP contribution in [0, 0.1) is 6.92 Å². The molecule has 1 N–H and O–H groups in total. The van der Waals surface area contributed by atoms with E-state index in [1.165, 1.54) is 0 Å². The Labute approximate surface area is 155 Å². The molecule has 3 aromatic carbocycles.